The number of amides is 2. The number of hydrogen-bond acceptors (Lipinski definition) is 7. The first-order valence-electron chi connectivity index (χ1n) is 11.1. The van der Waals surface area contributed by atoms with Crippen LogP contribution in [0.2, 0.25) is 0 Å². The standard InChI is InChI=1S/C23H32N4O5/c1-5-12-24-20(28)16-6-8-17(9-7-16)21-25-19(26-32-21)15-30-18-10-13-27(14-11-18)22(29)31-23(2,3)4/h6-9,18H,5,10-15H2,1-4H3,(H,24,28). The fourth-order valence-corrected chi connectivity index (χ4v) is 3.26. The zero-order chi connectivity index (χ0) is 23.1. The van der Waals surface area contributed by atoms with Gasteiger partial charge in [-0.3, -0.25) is 4.79 Å². The third-order valence-electron chi connectivity index (χ3n) is 4.94. The molecule has 0 atom stereocenters. The lowest BCUT2D eigenvalue weighted by molar-refractivity contribution is -0.0190. The predicted octanol–water partition coefficient (Wildman–Crippen LogP) is 3.79. The van der Waals surface area contributed by atoms with Crippen molar-refractivity contribution in [1.29, 1.82) is 0 Å². The Labute approximate surface area is 188 Å². The summed E-state index contributed by atoms with van der Waals surface area (Å²) in [5.74, 6) is 0.735. The third kappa shape index (κ3) is 6.78. The molecule has 9 nitrogen and oxygen atoms in total. The molecule has 1 fully saturated rings. The maximum absolute atomic E-state index is 12.2. The van der Waals surface area contributed by atoms with Crippen molar-refractivity contribution in [2.75, 3.05) is 19.6 Å². The fourth-order valence-electron chi connectivity index (χ4n) is 3.26. The van der Waals surface area contributed by atoms with E-state index in [1.54, 1.807) is 29.2 Å². The van der Waals surface area contributed by atoms with Crippen LogP contribution in [-0.2, 0) is 16.1 Å². The molecule has 174 valence electrons. The summed E-state index contributed by atoms with van der Waals surface area (Å²) in [7, 11) is 0. The Morgan fingerprint density at radius 3 is 2.50 bits per heavy atom. The molecule has 9 heteroatoms. The van der Waals surface area contributed by atoms with Crippen LogP contribution in [0.3, 0.4) is 0 Å². The summed E-state index contributed by atoms with van der Waals surface area (Å²) in [5, 5.41) is 6.83. The van der Waals surface area contributed by atoms with Gasteiger partial charge in [0, 0.05) is 30.8 Å². The molecule has 1 aromatic carbocycles. The molecule has 1 aromatic heterocycles. The molecule has 1 N–H and O–H groups in total. The molecule has 32 heavy (non-hydrogen) atoms. The van der Waals surface area contributed by atoms with Gasteiger partial charge in [0.1, 0.15) is 12.2 Å². The van der Waals surface area contributed by atoms with Crippen molar-refractivity contribution in [1.82, 2.24) is 20.4 Å². The second kappa shape index (κ2) is 10.6. The normalized spacial score (nSPS) is 14.9. The van der Waals surface area contributed by atoms with Crippen LogP contribution in [0.4, 0.5) is 4.79 Å². The van der Waals surface area contributed by atoms with E-state index in [0.29, 0.717) is 36.9 Å². The Morgan fingerprint density at radius 1 is 1.19 bits per heavy atom. The van der Waals surface area contributed by atoms with Crippen LogP contribution in [0.5, 0.6) is 0 Å². The number of hydrogen-bond donors (Lipinski definition) is 1. The van der Waals surface area contributed by atoms with E-state index in [9.17, 15) is 9.59 Å². The summed E-state index contributed by atoms with van der Waals surface area (Å²) in [6, 6.07) is 7.04. The van der Waals surface area contributed by atoms with E-state index >= 15 is 0 Å². The second-order valence-electron chi connectivity index (χ2n) is 8.83. The highest BCUT2D eigenvalue weighted by Gasteiger charge is 2.27. The van der Waals surface area contributed by atoms with Crippen LogP contribution in [0.25, 0.3) is 11.5 Å². The number of carbonyl (C=O) groups excluding carboxylic acids is 2. The minimum absolute atomic E-state index is 0.0246. The molecule has 2 amide bonds. The molecule has 2 heterocycles. The van der Waals surface area contributed by atoms with Crippen LogP contribution in [-0.4, -0.2) is 58.4 Å². The first-order valence-corrected chi connectivity index (χ1v) is 11.1. The summed E-state index contributed by atoms with van der Waals surface area (Å²) < 4.78 is 16.7. The fraction of sp³-hybridized carbons (Fsp3) is 0.565. The number of carbonyl (C=O) groups is 2. The quantitative estimate of drug-likeness (QED) is 0.692. The number of benzene rings is 1. The zero-order valence-electron chi connectivity index (χ0n) is 19.2. The summed E-state index contributed by atoms with van der Waals surface area (Å²) >= 11 is 0. The Morgan fingerprint density at radius 2 is 1.88 bits per heavy atom. The zero-order valence-corrected chi connectivity index (χ0v) is 19.2. The van der Waals surface area contributed by atoms with E-state index in [1.165, 1.54) is 0 Å². The van der Waals surface area contributed by atoms with E-state index in [2.05, 4.69) is 15.5 Å². The first-order chi connectivity index (χ1) is 15.2. The average molecular weight is 445 g/mol. The maximum Gasteiger partial charge on any atom is 0.410 e. The maximum atomic E-state index is 12.2. The van der Waals surface area contributed by atoms with E-state index in [1.807, 2.05) is 27.7 Å². The molecule has 0 saturated carbocycles. The SMILES string of the molecule is CCCNC(=O)c1ccc(-c2nc(COC3CCN(C(=O)OC(C)(C)C)CC3)no2)cc1. The van der Waals surface area contributed by atoms with Gasteiger partial charge in [0.2, 0.25) is 0 Å². The van der Waals surface area contributed by atoms with Crippen molar-refractivity contribution in [2.24, 2.45) is 0 Å². The van der Waals surface area contributed by atoms with E-state index in [0.717, 1.165) is 24.8 Å². The van der Waals surface area contributed by atoms with Crippen molar-refractivity contribution in [3.8, 4) is 11.5 Å². The average Bonchev–Trinajstić information content (AvgIpc) is 3.24. The molecule has 0 bridgehead atoms. The minimum Gasteiger partial charge on any atom is -0.444 e. The van der Waals surface area contributed by atoms with Crippen molar-refractivity contribution in [3.63, 3.8) is 0 Å². The molecule has 3 rings (SSSR count). The molecule has 1 aliphatic heterocycles. The second-order valence-corrected chi connectivity index (χ2v) is 8.83. The molecule has 0 aliphatic carbocycles. The molecular formula is C23H32N4O5. The smallest absolute Gasteiger partial charge is 0.410 e. The van der Waals surface area contributed by atoms with Crippen LogP contribution in [0.1, 0.15) is 63.1 Å². The highest BCUT2D eigenvalue weighted by molar-refractivity contribution is 5.94. The van der Waals surface area contributed by atoms with Crippen LogP contribution >= 0.6 is 0 Å². The van der Waals surface area contributed by atoms with Gasteiger partial charge in [-0.15, -0.1) is 0 Å². The molecular weight excluding hydrogens is 412 g/mol. The molecule has 2 aromatic rings. The molecule has 0 unspecified atom stereocenters. The summed E-state index contributed by atoms with van der Waals surface area (Å²) in [4.78, 5) is 30.2. The number of aromatic nitrogens is 2. The van der Waals surface area contributed by atoms with Crippen molar-refractivity contribution >= 4 is 12.0 Å². The molecule has 1 saturated heterocycles. The highest BCUT2D eigenvalue weighted by Crippen LogP contribution is 2.20. The first kappa shape index (κ1) is 23.7. The van der Waals surface area contributed by atoms with Crippen LogP contribution in [0.15, 0.2) is 28.8 Å². The minimum atomic E-state index is -0.497. The van der Waals surface area contributed by atoms with Gasteiger partial charge in [-0.1, -0.05) is 12.1 Å². The lowest BCUT2D eigenvalue weighted by atomic mass is 10.1. The van der Waals surface area contributed by atoms with Crippen molar-refractivity contribution in [2.45, 2.75) is 65.3 Å². The van der Waals surface area contributed by atoms with Crippen LogP contribution in [0, 0.1) is 0 Å². The van der Waals surface area contributed by atoms with Gasteiger partial charge in [-0.2, -0.15) is 4.98 Å². The number of nitrogens with zero attached hydrogens (tertiary/aromatic N) is 3. The van der Waals surface area contributed by atoms with E-state index < -0.39 is 5.60 Å². The van der Waals surface area contributed by atoms with Gasteiger partial charge in [0.25, 0.3) is 11.8 Å². The van der Waals surface area contributed by atoms with Gasteiger partial charge in [0.15, 0.2) is 5.82 Å². The summed E-state index contributed by atoms with van der Waals surface area (Å²) in [5.41, 5.74) is 0.826. The van der Waals surface area contributed by atoms with Gasteiger partial charge in [0.05, 0.1) is 6.10 Å². The Balaban J connectivity index is 1.46. The summed E-state index contributed by atoms with van der Waals surface area (Å²) in [6.07, 6.45) is 2.08. The topological polar surface area (TPSA) is 107 Å². The number of nitrogens with one attached hydrogen (secondary N) is 1. The van der Waals surface area contributed by atoms with Crippen LogP contribution < -0.4 is 5.32 Å². The van der Waals surface area contributed by atoms with Crippen molar-refractivity contribution in [3.05, 3.63) is 35.7 Å². The Bertz CT molecular complexity index is 896. The van der Waals surface area contributed by atoms with E-state index in [-0.39, 0.29) is 24.7 Å². The lowest BCUT2D eigenvalue weighted by Gasteiger charge is -2.33. The number of ether oxygens (including phenoxy) is 2. The predicted molar refractivity (Wildman–Crippen MR) is 118 cm³/mol. The summed E-state index contributed by atoms with van der Waals surface area (Å²) in [6.45, 7) is 9.65. The monoisotopic (exact) mass is 444 g/mol. The largest absolute Gasteiger partial charge is 0.444 e. The van der Waals surface area contributed by atoms with Gasteiger partial charge in [-0.05, 0) is 64.3 Å². The molecule has 0 radical (unpaired) electrons. The number of piperidine rings is 1. The van der Waals surface area contributed by atoms with Gasteiger partial charge in [-0.25, -0.2) is 4.79 Å². The Kier molecular flexibility index (Phi) is 7.84. The van der Waals surface area contributed by atoms with Crippen molar-refractivity contribution < 1.29 is 23.6 Å². The molecule has 1 aliphatic rings. The highest BCUT2D eigenvalue weighted by atomic mass is 16.6. The van der Waals surface area contributed by atoms with Gasteiger partial charge >= 0.3 is 6.09 Å². The van der Waals surface area contributed by atoms with Gasteiger partial charge < -0.3 is 24.2 Å². The molecule has 0 spiro atoms. The lowest BCUT2D eigenvalue weighted by Crippen LogP contribution is -2.43. The number of likely N-dealkylation sites (tertiary alicyclic amines) is 1. The Hall–Kier alpha value is -2.94. The third-order valence-corrected chi connectivity index (χ3v) is 4.94. The number of rotatable bonds is 7. The van der Waals surface area contributed by atoms with E-state index in [4.69, 9.17) is 14.0 Å².